The topological polar surface area (TPSA) is 38.3 Å². The molecule has 64 valence electrons. The Kier molecular flexibility index (Phi) is 3.66. The summed E-state index contributed by atoms with van der Waals surface area (Å²) in [5.41, 5.74) is 0. The van der Waals surface area contributed by atoms with Crippen LogP contribution in [0.4, 0.5) is 0 Å². The quantitative estimate of drug-likeness (QED) is 0.633. The Labute approximate surface area is 71.1 Å². The van der Waals surface area contributed by atoms with Gasteiger partial charge >= 0.3 is 0 Å². The van der Waals surface area contributed by atoms with Crippen LogP contribution in [-0.4, -0.2) is 31.5 Å². The molecule has 1 aliphatic rings. The first-order valence-corrected chi connectivity index (χ1v) is 4.29. The van der Waals surface area contributed by atoms with Crippen molar-refractivity contribution in [2.24, 2.45) is 5.92 Å². The molecule has 0 aliphatic carbocycles. The fourth-order valence-electron chi connectivity index (χ4n) is 1.06. The van der Waals surface area contributed by atoms with Crippen LogP contribution >= 0.6 is 11.6 Å². The summed E-state index contributed by atoms with van der Waals surface area (Å²) in [4.78, 5) is 11.2. The van der Waals surface area contributed by atoms with E-state index >= 15 is 0 Å². The third kappa shape index (κ3) is 2.67. The summed E-state index contributed by atoms with van der Waals surface area (Å²) in [6.45, 7) is 1.82. The smallest absolute Gasteiger partial charge is 0.225 e. The van der Waals surface area contributed by atoms with Crippen molar-refractivity contribution in [1.29, 1.82) is 0 Å². The highest BCUT2D eigenvalue weighted by molar-refractivity contribution is 6.18. The number of hydrogen-bond acceptors (Lipinski definition) is 2. The Morgan fingerprint density at radius 3 is 3.09 bits per heavy atom. The first-order valence-electron chi connectivity index (χ1n) is 3.76. The number of carbonyl (C=O) groups is 1. The van der Waals surface area contributed by atoms with Gasteiger partial charge in [-0.2, -0.15) is 0 Å². The fraction of sp³-hybridized carbons (Fsp3) is 0.857. The highest BCUT2D eigenvalue weighted by Gasteiger charge is 2.22. The van der Waals surface area contributed by atoms with Crippen molar-refractivity contribution in [3.05, 3.63) is 0 Å². The zero-order valence-electron chi connectivity index (χ0n) is 6.31. The molecule has 1 rings (SSSR count). The molecule has 1 unspecified atom stereocenters. The van der Waals surface area contributed by atoms with Gasteiger partial charge in [0.1, 0.15) is 0 Å². The summed E-state index contributed by atoms with van der Waals surface area (Å²) in [7, 11) is 0. The van der Waals surface area contributed by atoms with Crippen LogP contribution in [0, 0.1) is 5.92 Å². The number of carbonyl (C=O) groups excluding carboxylic acids is 1. The molecule has 1 amide bonds. The molecule has 0 saturated carbocycles. The van der Waals surface area contributed by atoms with Crippen LogP contribution in [0.5, 0.6) is 0 Å². The Bertz CT molecular complexity index is 134. The molecule has 1 saturated heterocycles. The van der Waals surface area contributed by atoms with Crippen molar-refractivity contribution in [3.8, 4) is 0 Å². The van der Waals surface area contributed by atoms with Gasteiger partial charge in [0.2, 0.25) is 5.91 Å². The normalized spacial score (nSPS) is 23.5. The molecule has 1 heterocycles. The van der Waals surface area contributed by atoms with Gasteiger partial charge in [-0.25, -0.2) is 0 Å². The van der Waals surface area contributed by atoms with E-state index in [0.717, 1.165) is 6.42 Å². The molecular formula is C7H12ClNO2. The molecule has 0 radical (unpaired) electrons. The summed E-state index contributed by atoms with van der Waals surface area (Å²) >= 11 is 5.41. The summed E-state index contributed by atoms with van der Waals surface area (Å²) in [5, 5.41) is 2.72. The summed E-state index contributed by atoms with van der Waals surface area (Å²) < 4.78 is 5.06. The fourth-order valence-corrected chi connectivity index (χ4v) is 1.15. The summed E-state index contributed by atoms with van der Waals surface area (Å²) in [5.74, 6) is 0.598. The van der Waals surface area contributed by atoms with Crippen molar-refractivity contribution in [2.75, 3.05) is 25.6 Å². The van der Waals surface area contributed by atoms with Crippen LogP contribution in [-0.2, 0) is 9.53 Å². The standard InChI is InChI=1S/C7H12ClNO2/c8-2-3-9-7(10)6-1-4-11-5-6/h6H,1-5H2,(H,9,10). The Balaban J connectivity index is 2.17. The number of alkyl halides is 1. The molecule has 1 atom stereocenters. The van der Waals surface area contributed by atoms with Gasteiger partial charge in [0, 0.05) is 19.0 Å². The maximum Gasteiger partial charge on any atom is 0.225 e. The SMILES string of the molecule is O=C(NCCCl)C1CCOC1. The molecular weight excluding hydrogens is 166 g/mol. The van der Waals surface area contributed by atoms with Crippen molar-refractivity contribution in [2.45, 2.75) is 6.42 Å². The van der Waals surface area contributed by atoms with Gasteiger partial charge in [0.05, 0.1) is 12.5 Å². The largest absolute Gasteiger partial charge is 0.381 e. The van der Waals surface area contributed by atoms with Crippen LogP contribution in [0.2, 0.25) is 0 Å². The van der Waals surface area contributed by atoms with Crippen LogP contribution in [0.15, 0.2) is 0 Å². The van der Waals surface area contributed by atoms with Crippen LogP contribution in [0.25, 0.3) is 0 Å². The van der Waals surface area contributed by atoms with Gasteiger partial charge < -0.3 is 10.1 Å². The van der Waals surface area contributed by atoms with E-state index in [4.69, 9.17) is 16.3 Å². The molecule has 1 aliphatic heterocycles. The molecule has 0 aromatic heterocycles. The van der Waals surface area contributed by atoms with E-state index in [0.29, 0.717) is 25.6 Å². The van der Waals surface area contributed by atoms with Gasteiger partial charge in [-0.15, -0.1) is 11.6 Å². The predicted octanol–water partition coefficient (Wildman–Crippen LogP) is 0.378. The number of amides is 1. The van der Waals surface area contributed by atoms with Crippen molar-refractivity contribution >= 4 is 17.5 Å². The van der Waals surface area contributed by atoms with Crippen molar-refractivity contribution in [3.63, 3.8) is 0 Å². The van der Waals surface area contributed by atoms with Gasteiger partial charge in [-0.3, -0.25) is 4.79 Å². The summed E-state index contributed by atoms with van der Waals surface area (Å²) in [6, 6.07) is 0. The minimum Gasteiger partial charge on any atom is -0.381 e. The molecule has 11 heavy (non-hydrogen) atoms. The van der Waals surface area contributed by atoms with Crippen molar-refractivity contribution in [1.82, 2.24) is 5.32 Å². The zero-order valence-corrected chi connectivity index (χ0v) is 7.06. The predicted molar refractivity (Wildman–Crippen MR) is 42.7 cm³/mol. The van der Waals surface area contributed by atoms with Crippen LogP contribution < -0.4 is 5.32 Å². The van der Waals surface area contributed by atoms with E-state index in [1.807, 2.05) is 0 Å². The number of nitrogens with one attached hydrogen (secondary N) is 1. The van der Waals surface area contributed by atoms with Gasteiger partial charge in [-0.05, 0) is 6.42 Å². The average Bonchev–Trinajstić information content (AvgIpc) is 2.52. The number of ether oxygens (including phenoxy) is 1. The molecule has 0 bridgehead atoms. The lowest BCUT2D eigenvalue weighted by molar-refractivity contribution is -0.124. The Hall–Kier alpha value is -0.280. The third-order valence-corrected chi connectivity index (χ3v) is 1.88. The first kappa shape index (κ1) is 8.81. The molecule has 4 heteroatoms. The molecule has 3 nitrogen and oxygen atoms in total. The second-order valence-corrected chi connectivity index (χ2v) is 2.92. The van der Waals surface area contributed by atoms with Crippen molar-refractivity contribution < 1.29 is 9.53 Å². The van der Waals surface area contributed by atoms with Gasteiger partial charge in [0.15, 0.2) is 0 Å². The maximum absolute atomic E-state index is 11.2. The van der Waals surface area contributed by atoms with Gasteiger partial charge in [-0.1, -0.05) is 0 Å². The van der Waals surface area contributed by atoms with E-state index in [9.17, 15) is 4.79 Å². The molecule has 0 aromatic rings. The second-order valence-electron chi connectivity index (χ2n) is 2.54. The lowest BCUT2D eigenvalue weighted by Crippen LogP contribution is -2.32. The lowest BCUT2D eigenvalue weighted by atomic mass is 10.1. The van der Waals surface area contributed by atoms with E-state index in [2.05, 4.69) is 5.32 Å². The van der Waals surface area contributed by atoms with E-state index in [-0.39, 0.29) is 11.8 Å². The second kappa shape index (κ2) is 4.57. The number of rotatable bonds is 3. The van der Waals surface area contributed by atoms with E-state index in [1.165, 1.54) is 0 Å². The Morgan fingerprint density at radius 2 is 2.55 bits per heavy atom. The number of halogens is 1. The maximum atomic E-state index is 11.2. The highest BCUT2D eigenvalue weighted by Crippen LogP contribution is 2.11. The highest BCUT2D eigenvalue weighted by atomic mass is 35.5. The first-order chi connectivity index (χ1) is 5.34. The monoisotopic (exact) mass is 177 g/mol. The van der Waals surface area contributed by atoms with E-state index in [1.54, 1.807) is 0 Å². The van der Waals surface area contributed by atoms with Crippen LogP contribution in [0.1, 0.15) is 6.42 Å². The summed E-state index contributed by atoms with van der Waals surface area (Å²) in [6.07, 6.45) is 0.841. The third-order valence-electron chi connectivity index (χ3n) is 1.69. The van der Waals surface area contributed by atoms with Crippen LogP contribution in [0.3, 0.4) is 0 Å². The Morgan fingerprint density at radius 1 is 1.73 bits per heavy atom. The average molecular weight is 178 g/mol. The molecule has 0 spiro atoms. The lowest BCUT2D eigenvalue weighted by Gasteiger charge is -2.06. The molecule has 1 N–H and O–H groups in total. The minimum atomic E-state index is 0.0539. The molecule has 0 aromatic carbocycles. The molecule has 1 fully saturated rings. The number of hydrogen-bond donors (Lipinski definition) is 1. The van der Waals surface area contributed by atoms with Gasteiger partial charge in [0.25, 0.3) is 0 Å². The van der Waals surface area contributed by atoms with E-state index < -0.39 is 0 Å². The minimum absolute atomic E-state index is 0.0539. The zero-order chi connectivity index (χ0) is 8.10.